The number of nitrogens with one attached hydrogen (secondary N) is 1. The number of nitrogens with zero attached hydrogens (tertiary/aromatic N) is 1. The number of hydrogen-bond acceptors (Lipinski definition) is 2. The quantitative estimate of drug-likeness (QED) is 0.706. The topological polar surface area (TPSA) is 35.8 Å². The zero-order valence-corrected chi connectivity index (χ0v) is 12.1. The molecule has 0 aliphatic heterocycles. The molecule has 0 spiro atoms. The van der Waals surface area contributed by atoms with Gasteiger partial charge in [0.1, 0.15) is 0 Å². The van der Waals surface area contributed by atoms with Crippen LogP contribution in [0.4, 0.5) is 11.4 Å². The lowest BCUT2D eigenvalue weighted by molar-refractivity contribution is 1.38. The maximum Gasteiger partial charge on any atom is 0.0998 e. The molecule has 0 amide bonds. The fourth-order valence-corrected chi connectivity index (χ4v) is 2.71. The van der Waals surface area contributed by atoms with Crippen LogP contribution in [0.2, 0.25) is 0 Å². The number of nitriles is 1. The molecular formula is C19H16N2. The Kier molecular flexibility index (Phi) is 3.33. The number of benzene rings is 3. The van der Waals surface area contributed by atoms with Crippen LogP contribution in [-0.4, -0.2) is 0 Å². The third kappa shape index (κ3) is 2.59. The Bertz CT molecular complexity index is 837. The Hall–Kier alpha value is -2.79. The molecule has 21 heavy (non-hydrogen) atoms. The van der Waals surface area contributed by atoms with Gasteiger partial charge in [0.25, 0.3) is 0 Å². The summed E-state index contributed by atoms with van der Waals surface area (Å²) < 4.78 is 0. The van der Waals surface area contributed by atoms with Crippen molar-refractivity contribution in [2.24, 2.45) is 0 Å². The van der Waals surface area contributed by atoms with Crippen LogP contribution in [0.3, 0.4) is 0 Å². The van der Waals surface area contributed by atoms with Crippen molar-refractivity contribution in [3.8, 4) is 6.07 Å². The molecule has 2 nitrogen and oxygen atoms in total. The normalized spacial score (nSPS) is 10.3. The fourth-order valence-electron chi connectivity index (χ4n) is 2.71. The van der Waals surface area contributed by atoms with Crippen molar-refractivity contribution in [1.29, 1.82) is 5.26 Å². The second-order valence-corrected chi connectivity index (χ2v) is 5.32. The fraction of sp³-hybridized carbons (Fsp3) is 0.105. The van der Waals surface area contributed by atoms with Gasteiger partial charge in [0.05, 0.1) is 11.6 Å². The lowest BCUT2D eigenvalue weighted by Gasteiger charge is -2.12. The van der Waals surface area contributed by atoms with E-state index in [1.165, 1.54) is 11.1 Å². The Labute approximate surface area is 124 Å². The van der Waals surface area contributed by atoms with E-state index >= 15 is 0 Å². The molecule has 0 aliphatic carbocycles. The summed E-state index contributed by atoms with van der Waals surface area (Å²) in [5.74, 6) is 0. The summed E-state index contributed by atoms with van der Waals surface area (Å²) >= 11 is 0. The highest BCUT2D eigenvalue weighted by Crippen LogP contribution is 2.29. The van der Waals surface area contributed by atoms with E-state index in [1.807, 2.05) is 36.4 Å². The average molecular weight is 272 g/mol. The van der Waals surface area contributed by atoms with Gasteiger partial charge in [-0.25, -0.2) is 0 Å². The zero-order chi connectivity index (χ0) is 14.8. The molecule has 0 aromatic heterocycles. The van der Waals surface area contributed by atoms with Gasteiger partial charge in [-0.05, 0) is 49.2 Å². The van der Waals surface area contributed by atoms with Gasteiger partial charge in [0, 0.05) is 22.1 Å². The van der Waals surface area contributed by atoms with E-state index in [9.17, 15) is 5.26 Å². The minimum absolute atomic E-state index is 0.705. The van der Waals surface area contributed by atoms with Crippen LogP contribution in [0.5, 0.6) is 0 Å². The lowest BCUT2D eigenvalue weighted by atomic mass is 10.0. The molecule has 3 aromatic rings. The van der Waals surface area contributed by atoms with Crippen molar-refractivity contribution in [2.75, 3.05) is 5.32 Å². The number of fused-ring (bicyclic) bond motifs is 1. The van der Waals surface area contributed by atoms with Crippen LogP contribution >= 0.6 is 0 Å². The second-order valence-electron chi connectivity index (χ2n) is 5.32. The smallest absolute Gasteiger partial charge is 0.0998 e. The molecule has 3 rings (SSSR count). The zero-order valence-electron chi connectivity index (χ0n) is 12.1. The summed E-state index contributed by atoms with van der Waals surface area (Å²) in [6.45, 7) is 4.18. The summed E-state index contributed by atoms with van der Waals surface area (Å²) in [5, 5.41) is 14.7. The van der Waals surface area contributed by atoms with E-state index in [4.69, 9.17) is 0 Å². The van der Waals surface area contributed by atoms with Crippen LogP contribution in [-0.2, 0) is 0 Å². The lowest BCUT2D eigenvalue weighted by Crippen LogP contribution is -1.94. The molecule has 1 N–H and O–H groups in total. The van der Waals surface area contributed by atoms with E-state index in [-0.39, 0.29) is 0 Å². The van der Waals surface area contributed by atoms with E-state index in [0.717, 1.165) is 22.1 Å². The van der Waals surface area contributed by atoms with Gasteiger partial charge in [-0.1, -0.05) is 30.3 Å². The first kappa shape index (κ1) is 13.2. The number of rotatable bonds is 2. The van der Waals surface area contributed by atoms with Crippen LogP contribution in [0.1, 0.15) is 16.7 Å². The van der Waals surface area contributed by atoms with E-state index < -0.39 is 0 Å². The Morgan fingerprint density at radius 1 is 0.857 bits per heavy atom. The third-order valence-corrected chi connectivity index (χ3v) is 3.55. The molecule has 0 fully saturated rings. The van der Waals surface area contributed by atoms with Crippen LogP contribution in [0.25, 0.3) is 10.8 Å². The van der Waals surface area contributed by atoms with Gasteiger partial charge in [0.15, 0.2) is 0 Å². The van der Waals surface area contributed by atoms with Crippen LogP contribution < -0.4 is 5.32 Å². The highest BCUT2D eigenvalue weighted by Gasteiger charge is 2.06. The molecule has 0 radical (unpaired) electrons. The highest BCUT2D eigenvalue weighted by molar-refractivity contribution is 5.98. The molecule has 0 bridgehead atoms. The van der Waals surface area contributed by atoms with Gasteiger partial charge in [-0.15, -0.1) is 0 Å². The number of anilines is 2. The van der Waals surface area contributed by atoms with Crippen molar-refractivity contribution in [1.82, 2.24) is 0 Å². The number of aryl methyl sites for hydroxylation is 2. The largest absolute Gasteiger partial charge is 0.355 e. The molecule has 0 unspecified atom stereocenters. The molecule has 0 saturated heterocycles. The SMILES string of the molecule is Cc1cc(C)cc(Nc2ccc(C#N)c3ccccc23)c1. The minimum atomic E-state index is 0.705. The van der Waals surface area contributed by atoms with Crippen molar-refractivity contribution in [2.45, 2.75) is 13.8 Å². The maximum absolute atomic E-state index is 9.22. The second kappa shape index (κ2) is 5.30. The van der Waals surface area contributed by atoms with Crippen LogP contribution in [0, 0.1) is 25.2 Å². The predicted molar refractivity (Wildman–Crippen MR) is 87.9 cm³/mol. The summed E-state index contributed by atoms with van der Waals surface area (Å²) in [4.78, 5) is 0. The summed E-state index contributed by atoms with van der Waals surface area (Å²) in [7, 11) is 0. The van der Waals surface area contributed by atoms with Crippen molar-refractivity contribution in [3.63, 3.8) is 0 Å². The van der Waals surface area contributed by atoms with Crippen molar-refractivity contribution in [3.05, 3.63) is 71.3 Å². The summed E-state index contributed by atoms with van der Waals surface area (Å²) in [6, 6.07) is 20.5. The minimum Gasteiger partial charge on any atom is -0.355 e. The Morgan fingerprint density at radius 3 is 2.19 bits per heavy atom. The standard InChI is InChI=1S/C19H16N2/c1-13-9-14(2)11-16(10-13)21-19-8-7-15(12-20)17-5-3-4-6-18(17)19/h3-11,21H,1-2H3. The van der Waals surface area contributed by atoms with Gasteiger partial charge >= 0.3 is 0 Å². The van der Waals surface area contributed by atoms with Crippen LogP contribution in [0.15, 0.2) is 54.6 Å². The molecule has 0 saturated carbocycles. The van der Waals surface area contributed by atoms with E-state index in [0.29, 0.717) is 5.56 Å². The Balaban J connectivity index is 2.11. The first-order chi connectivity index (χ1) is 10.2. The third-order valence-electron chi connectivity index (χ3n) is 3.55. The molecule has 2 heteroatoms. The van der Waals surface area contributed by atoms with Gasteiger partial charge < -0.3 is 5.32 Å². The maximum atomic E-state index is 9.22. The Morgan fingerprint density at radius 2 is 1.52 bits per heavy atom. The molecule has 0 heterocycles. The van der Waals surface area contributed by atoms with Gasteiger partial charge in [-0.3, -0.25) is 0 Å². The summed E-state index contributed by atoms with van der Waals surface area (Å²) in [6.07, 6.45) is 0. The predicted octanol–water partition coefficient (Wildman–Crippen LogP) is 5.07. The molecule has 102 valence electrons. The molecule has 3 aromatic carbocycles. The first-order valence-corrected chi connectivity index (χ1v) is 6.94. The molecule has 0 aliphatic rings. The monoisotopic (exact) mass is 272 g/mol. The highest BCUT2D eigenvalue weighted by atomic mass is 14.9. The van der Waals surface area contributed by atoms with Crippen molar-refractivity contribution >= 4 is 22.1 Å². The summed E-state index contributed by atoms with van der Waals surface area (Å²) in [5.41, 5.74) is 5.26. The number of hydrogen-bond donors (Lipinski definition) is 1. The molecule has 0 atom stereocenters. The first-order valence-electron chi connectivity index (χ1n) is 6.94. The van der Waals surface area contributed by atoms with Gasteiger partial charge in [-0.2, -0.15) is 5.26 Å². The van der Waals surface area contributed by atoms with Crippen molar-refractivity contribution < 1.29 is 0 Å². The van der Waals surface area contributed by atoms with Gasteiger partial charge in [0.2, 0.25) is 0 Å². The van der Waals surface area contributed by atoms with E-state index in [2.05, 4.69) is 43.4 Å². The average Bonchev–Trinajstić information content (AvgIpc) is 2.46. The van der Waals surface area contributed by atoms with E-state index in [1.54, 1.807) is 0 Å². The molecular weight excluding hydrogens is 256 g/mol.